The molecule has 0 aliphatic rings. The topological polar surface area (TPSA) is 110 Å². The van der Waals surface area contributed by atoms with Crippen molar-refractivity contribution in [3.05, 3.63) is 67.1 Å². The summed E-state index contributed by atoms with van der Waals surface area (Å²) in [5.41, 5.74) is 2.47. The molecule has 4 rings (SSSR count). The molecule has 0 saturated carbocycles. The molecule has 0 unspecified atom stereocenters. The minimum atomic E-state index is -1.01. The lowest BCUT2D eigenvalue weighted by Gasteiger charge is -2.18. The van der Waals surface area contributed by atoms with Crippen molar-refractivity contribution < 1.29 is 14.6 Å². The van der Waals surface area contributed by atoms with E-state index in [4.69, 9.17) is 9.84 Å². The highest BCUT2D eigenvalue weighted by Gasteiger charge is 2.28. The zero-order chi connectivity index (χ0) is 21.8. The van der Waals surface area contributed by atoms with E-state index in [0.717, 1.165) is 27.7 Å². The first-order chi connectivity index (χ1) is 14.9. The van der Waals surface area contributed by atoms with Gasteiger partial charge in [-0.3, -0.25) is 4.79 Å². The number of aliphatic carboxylic acids is 1. The van der Waals surface area contributed by atoms with Gasteiger partial charge in [0.2, 0.25) is 5.95 Å². The van der Waals surface area contributed by atoms with Crippen LogP contribution in [0.4, 0.5) is 11.6 Å². The largest absolute Gasteiger partial charge is 0.481 e. The van der Waals surface area contributed by atoms with E-state index in [0.29, 0.717) is 5.95 Å². The molecule has 31 heavy (non-hydrogen) atoms. The number of nitrogens with zero attached hydrogens (tertiary/aromatic N) is 4. The van der Waals surface area contributed by atoms with Crippen LogP contribution in [0.5, 0.6) is 6.01 Å². The molecule has 0 bridgehead atoms. The van der Waals surface area contributed by atoms with E-state index in [2.05, 4.69) is 25.3 Å². The molecule has 8 heteroatoms. The summed E-state index contributed by atoms with van der Waals surface area (Å²) in [5.74, 6) is -0.410. The summed E-state index contributed by atoms with van der Waals surface area (Å²) in [5, 5.41) is 13.3. The molecular weight excluding hydrogens is 394 g/mol. The zero-order valence-electron chi connectivity index (χ0n) is 17.1. The van der Waals surface area contributed by atoms with Gasteiger partial charge >= 0.3 is 12.0 Å². The summed E-state index contributed by atoms with van der Waals surface area (Å²) < 4.78 is 5.41. The second-order valence-corrected chi connectivity index (χ2v) is 7.69. The standard InChI is InChI=1S/C23H21N5O3/c1-23(2,20(29)30)14-31-22-25-12-17(13-26-22)15-7-9-18(10-8-15)27-21-24-11-16-5-3-4-6-19(16)28-21/h3-13H,14H2,1-2H3,(H,29,30)(H,24,27,28). The average Bonchev–Trinajstić information content (AvgIpc) is 2.78. The first-order valence-corrected chi connectivity index (χ1v) is 9.68. The molecule has 8 nitrogen and oxygen atoms in total. The summed E-state index contributed by atoms with van der Waals surface area (Å²) in [7, 11) is 0. The number of para-hydroxylation sites is 1. The molecule has 2 aromatic carbocycles. The van der Waals surface area contributed by atoms with E-state index >= 15 is 0 Å². The van der Waals surface area contributed by atoms with E-state index in [9.17, 15) is 4.79 Å². The molecule has 0 saturated heterocycles. The molecule has 2 aromatic heterocycles. The van der Waals surface area contributed by atoms with Crippen LogP contribution < -0.4 is 10.1 Å². The molecule has 2 N–H and O–H groups in total. The molecule has 0 aliphatic heterocycles. The second kappa shape index (κ2) is 8.35. The fraction of sp³-hybridized carbons (Fsp3) is 0.174. The number of anilines is 2. The Hall–Kier alpha value is -4.07. The summed E-state index contributed by atoms with van der Waals surface area (Å²) in [6, 6.07) is 15.7. The van der Waals surface area contributed by atoms with Gasteiger partial charge in [0.25, 0.3) is 0 Å². The number of carbonyl (C=O) groups is 1. The first-order valence-electron chi connectivity index (χ1n) is 9.68. The van der Waals surface area contributed by atoms with E-state index < -0.39 is 11.4 Å². The van der Waals surface area contributed by atoms with Crippen LogP contribution in [0.2, 0.25) is 0 Å². The number of aromatic nitrogens is 4. The smallest absolute Gasteiger partial charge is 0.316 e. The van der Waals surface area contributed by atoms with Crippen LogP contribution in [-0.2, 0) is 4.79 Å². The lowest BCUT2D eigenvalue weighted by Crippen LogP contribution is -2.31. The van der Waals surface area contributed by atoms with Gasteiger partial charge in [-0.25, -0.2) is 19.9 Å². The Morgan fingerprint density at radius 2 is 1.68 bits per heavy atom. The fourth-order valence-electron chi connectivity index (χ4n) is 2.75. The van der Waals surface area contributed by atoms with Gasteiger partial charge < -0.3 is 15.2 Å². The number of carboxylic acid groups (broad SMARTS) is 1. The Balaban J connectivity index is 1.42. The third-order valence-corrected chi connectivity index (χ3v) is 4.73. The van der Waals surface area contributed by atoms with Gasteiger partial charge in [0.1, 0.15) is 6.61 Å². The average molecular weight is 415 g/mol. The quantitative estimate of drug-likeness (QED) is 0.459. The maximum Gasteiger partial charge on any atom is 0.316 e. The normalized spacial score (nSPS) is 11.3. The third-order valence-electron chi connectivity index (χ3n) is 4.73. The van der Waals surface area contributed by atoms with Crippen molar-refractivity contribution in [1.82, 2.24) is 19.9 Å². The lowest BCUT2D eigenvalue weighted by atomic mass is 9.95. The summed E-state index contributed by atoms with van der Waals surface area (Å²) in [6.45, 7) is 3.16. The highest BCUT2D eigenvalue weighted by Crippen LogP contribution is 2.23. The fourth-order valence-corrected chi connectivity index (χ4v) is 2.75. The van der Waals surface area contributed by atoms with Gasteiger partial charge in [-0.1, -0.05) is 30.3 Å². The number of ether oxygens (including phenoxy) is 1. The van der Waals surface area contributed by atoms with Crippen LogP contribution in [0.1, 0.15) is 13.8 Å². The van der Waals surface area contributed by atoms with Crippen molar-refractivity contribution in [2.24, 2.45) is 5.41 Å². The number of hydrogen-bond donors (Lipinski definition) is 2. The predicted molar refractivity (Wildman–Crippen MR) is 117 cm³/mol. The van der Waals surface area contributed by atoms with Gasteiger partial charge in [-0.15, -0.1) is 0 Å². The zero-order valence-corrected chi connectivity index (χ0v) is 17.1. The minimum Gasteiger partial charge on any atom is -0.481 e. The van der Waals surface area contributed by atoms with Crippen LogP contribution in [0, 0.1) is 5.41 Å². The monoisotopic (exact) mass is 415 g/mol. The molecular formula is C23H21N5O3. The number of hydrogen-bond acceptors (Lipinski definition) is 7. The van der Waals surface area contributed by atoms with E-state index in [1.54, 1.807) is 32.4 Å². The molecule has 0 amide bonds. The summed E-state index contributed by atoms with van der Waals surface area (Å²) in [6.07, 6.45) is 5.08. The van der Waals surface area contributed by atoms with Crippen molar-refractivity contribution in [3.63, 3.8) is 0 Å². The maximum atomic E-state index is 11.1. The van der Waals surface area contributed by atoms with Gasteiger partial charge in [0.15, 0.2) is 0 Å². The lowest BCUT2D eigenvalue weighted by molar-refractivity contribution is -0.148. The van der Waals surface area contributed by atoms with Crippen molar-refractivity contribution in [1.29, 1.82) is 0 Å². The van der Waals surface area contributed by atoms with Crippen molar-refractivity contribution in [2.45, 2.75) is 13.8 Å². The molecule has 156 valence electrons. The molecule has 0 spiro atoms. The van der Waals surface area contributed by atoms with Crippen molar-refractivity contribution in [3.8, 4) is 17.1 Å². The number of benzene rings is 2. The molecule has 0 aliphatic carbocycles. The van der Waals surface area contributed by atoms with Crippen LogP contribution in [-0.4, -0.2) is 37.6 Å². The third kappa shape index (κ3) is 4.75. The van der Waals surface area contributed by atoms with Gasteiger partial charge in [0.05, 0.1) is 10.9 Å². The Morgan fingerprint density at radius 3 is 2.39 bits per heavy atom. The van der Waals surface area contributed by atoms with Gasteiger partial charge in [0, 0.05) is 35.2 Å². The van der Waals surface area contributed by atoms with Gasteiger partial charge in [-0.2, -0.15) is 0 Å². The number of fused-ring (bicyclic) bond motifs is 1. The highest BCUT2D eigenvalue weighted by molar-refractivity contribution is 5.79. The molecule has 0 radical (unpaired) electrons. The van der Waals surface area contributed by atoms with Crippen molar-refractivity contribution in [2.75, 3.05) is 11.9 Å². The van der Waals surface area contributed by atoms with Crippen LogP contribution in [0.25, 0.3) is 22.0 Å². The van der Waals surface area contributed by atoms with Crippen LogP contribution in [0.3, 0.4) is 0 Å². The van der Waals surface area contributed by atoms with E-state index in [1.165, 1.54) is 0 Å². The number of carboxylic acids is 1. The minimum absolute atomic E-state index is 0.0150. The van der Waals surface area contributed by atoms with E-state index in [1.807, 2.05) is 48.5 Å². The first kappa shape index (κ1) is 20.2. The Morgan fingerprint density at radius 1 is 0.968 bits per heavy atom. The number of nitrogens with one attached hydrogen (secondary N) is 1. The molecule has 0 atom stereocenters. The predicted octanol–water partition coefficient (Wildman–Crippen LogP) is 4.32. The summed E-state index contributed by atoms with van der Waals surface area (Å²) >= 11 is 0. The van der Waals surface area contributed by atoms with Crippen LogP contribution >= 0.6 is 0 Å². The number of rotatable bonds is 7. The van der Waals surface area contributed by atoms with E-state index in [-0.39, 0.29) is 12.6 Å². The second-order valence-electron chi connectivity index (χ2n) is 7.69. The van der Waals surface area contributed by atoms with Crippen LogP contribution in [0.15, 0.2) is 67.1 Å². The molecule has 0 fully saturated rings. The Bertz CT molecular complexity index is 1210. The SMILES string of the molecule is CC(C)(COc1ncc(-c2ccc(Nc3ncc4ccccc4n3)cc2)cn1)C(=O)O. The molecule has 4 aromatic rings. The van der Waals surface area contributed by atoms with Gasteiger partial charge in [-0.05, 0) is 37.6 Å². The Kier molecular flexibility index (Phi) is 5.44. The Labute approximate surface area is 179 Å². The van der Waals surface area contributed by atoms with Crippen molar-refractivity contribution >= 4 is 28.5 Å². The molecule has 2 heterocycles. The summed E-state index contributed by atoms with van der Waals surface area (Å²) in [4.78, 5) is 28.4. The highest BCUT2D eigenvalue weighted by atomic mass is 16.5. The maximum absolute atomic E-state index is 11.1.